The first-order chi connectivity index (χ1) is 10.1. The largest absolute Gasteiger partial charge is 0.339 e. The molecular formula is C17H18ClN3. The number of anilines is 2. The molecule has 2 rings (SSSR count). The molecular weight excluding hydrogens is 282 g/mol. The van der Waals surface area contributed by atoms with Crippen molar-refractivity contribution in [3.63, 3.8) is 0 Å². The molecule has 0 aliphatic rings. The van der Waals surface area contributed by atoms with Gasteiger partial charge < -0.3 is 10.6 Å². The van der Waals surface area contributed by atoms with Crippen LogP contribution in [0.2, 0.25) is 5.02 Å². The van der Waals surface area contributed by atoms with E-state index < -0.39 is 0 Å². The zero-order chi connectivity index (χ0) is 15.2. The van der Waals surface area contributed by atoms with Crippen molar-refractivity contribution in [1.29, 1.82) is 5.26 Å². The van der Waals surface area contributed by atoms with Gasteiger partial charge in [0.25, 0.3) is 0 Å². The summed E-state index contributed by atoms with van der Waals surface area (Å²) < 4.78 is 0. The zero-order valence-electron chi connectivity index (χ0n) is 12.0. The van der Waals surface area contributed by atoms with Crippen LogP contribution in [0.5, 0.6) is 0 Å². The van der Waals surface area contributed by atoms with Crippen molar-refractivity contribution in [2.24, 2.45) is 5.73 Å². The molecule has 2 aromatic rings. The van der Waals surface area contributed by atoms with E-state index in [1.54, 1.807) is 0 Å². The van der Waals surface area contributed by atoms with Crippen molar-refractivity contribution < 1.29 is 0 Å². The van der Waals surface area contributed by atoms with Crippen LogP contribution >= 0.6 is 11.6 Å². The molecule has 0 saturated heterocycles. The summed E-state index contributed by atoms with van der Waals surface area (Å²) in [6.07, 6.45) is 0.431. The number of nitriles is 1. The normalized spacial score (nSPS) is 11.7. The lowest BCUT2D eigenvalue weighted by Crippen LogP contribution is -2.18. The summed E-state index contributed by atoms with van der Waals surface area (Å²) in [6, 6.07) is 17.9. The van der Waals surface area contributed by atoms with Crippen molar-refractivity contribution >= 4 is 23.0 Å². The second-order valence-electron chi connectivity index (χ2n) is 4.89. The topological polar surface area (TPSA) is 53.0 Å². The SMILES string of the molecule is C[C@H](N)c1ccc(N(CCC#N)c2ccccc2)c(Cl)c1. The predicted molar refractivity (Wildman–Crippen MR) is 87.7 cm³/mol. The minimum Gasteiger partial charge on any atom is -0.339 e. The van der Waals surface area contributed by atoms with E-state index in [1.165, 1.54) is 0 Å². The number of nitrogens with zero attached hydrogens (tertiary/aromatic N) is 2. The van der Waals surface area contributed by atoms with Gasteiger partial charge in [0.15, 0.2) is 0 Å². The second-order valence-corrected chi connectivity index (χ2v) is 5.30. The predicted octanol–water partition coefficient (Wildman–Crippen LogP) is 4.41. The fourth-order valence-electron chi connectivity index (χ4n) is 2.18. The Hall–Kier alpha value is -2.02. The molecule has 0 bridgehead atoms. The highest BCUT2D eigenvalue weighted by molar-refractivity contribution is 6.33. The monoisotopic (exact) mass is 299 g/mol. The molecule has 0 radical (unpaired) electrons. The number of halogens is 1. The number of benzene rings is 2. The van der Waals surface area contributed by atoms with Gasteiger partial charge >= 0.3 is 0 Å². The van der Waals surface area contributed by atoms with Gasteiger partial charge in [0.1, 0.15) is 0 Å². The molecule has 2 aromatic carbocycles. The Morgan fingerprint density at radius 1 is 1.24 bits per heavy atom. The Morgan fingerprint density at radius 3 is 2.52 bits per heavy atom. The Balaban J connectivity index is 2.40. The van der Waals surface area contributed by atoms with E-state index in [-0.39, 0.29) is 6.04 Å². The summed E-state index contributed by atoms with van der Waals surface area (Å²) in [6.45, 7) is 2.52. The number of rotatable bonds is 5. The van der Waals surface area contributed by atoms with Crippen LogP contribution in [-0.4, -0.2) is 6.54 Å². The van der Waals surface area contributed by atoms with E-state index in [1.807, 2.05) is 55.5 Å². The molecule has 0 amide bonds. The smallest absolute Gasteiger partial charge is 0.0646 e. The van der Waals surface area contributed by atoms with Gasteiger partial charge in [-0.15, -0.1) is 0 Å². The van der Waals surface area contributed by atoms with Crippen LogP contribution in [-0.2, 0) is 0 Å². The van der Waals surface area contributed by atoms with Crippen molar-refractivity contribution in [3.8, 4) is 6.07 Å². The first kappa shape index (κ1) is 15.4. The van der Waals surface area contributed by atoms with E-state index in [4.69, 9.17) is 22.6 Å². The third kappa shape index (κ3) is 3.75. The van der Waals surface area contributed by atoms with E-state index in [9.17, 15) is 0 Å². The first-order valence-corrected chi connectivity index (χ1v) is 7.26. The summed E-state index contributed by atoms with van der Waals surface area (Å²) in [4.78, 5) is 2.05. The Kier molecular flexibility index (Phi) is 5.21. The van der Waals surface area contributed by atoms with Gasteiger partial charge in [-0.25, -0.2) is 0 Å². The lowest BCUT2D eigenvalue weighted by molar-refractivity contribution is 0.817. The van der Waals surface area contributed by atoms with Gasteiger partial charge in [-0.3, -0.25) is 0 Å². The average Bonchev–Trinajstić information content (AvgIpc) is 2.50. The van der Waals surface area contributed by atoms with E-state index in [2.05, 4.69) is 11.0 Å². The molecule has 108 valence electrons. The summed E-state index contributed by atoms with van der Waals surface area (Å²) in [5, 5.41) is 9.51. The summed E-state index contributed by atoms with van der Waals surface area (Å²) >= 11 is 6.42. The quantitative estimate of drug-likeness (QED) is 0.889. The highest BCUT2D eigenvalue weighted by Crippen LogP contribution is 2.33. The van der Waals surface area contributed by atoms with Gasteiger partial charge in [0, 0.05) is 18.3 Å². The van der Waals surface area contributed by atoms with Gasteiger partial charge in [0.05, 0.1) is 23.2 Å². The summed E-state index contributed by atoms with van der Waals surface area (Å²) in [5.41, 5.74) is 8.79. The van der Waals surface area contributed by atoms with Crippen LogP contribution in [0.1, 0.15) is 24.9 Å². The molecule has 0 fully saturated rings. The third-order valence-electron chi connectivity index (χ3n) is 3.30. The number of para-hydroxylation sites is 1. The van der Waals surface area contributed by atoms with Crippen LogP contribution < -0.4 is 10.6 Å². The van der Waals surface area contributed by atoms with Crippen LogP contribution in [0.3, 0.4) is 0 Å². The van der Waals surface area contributed by atoms with Crippen LogP contribution in [0.15, 0.2) is 48.5 Å². The molecule has 0 unspecified atom stereocenters. The molecule has 0 aliphatic heterocycles. The maximum absolute atomic E-state index is 8.87. The van der Waals surface area contributed by atoms with Gasteiger partial charge in [-0.1, -0.05) is 35.9 Å². The molecule has 0 aliphatic carbocycles. The van der Waals surface area contributed by atoms with Gasteiger partial charge in [-0.05, 0) is 36.8 Å². The lowest BCUT2D eigenvalue weighted by Gasteiger charge is -2.25. The highest BCUT2D eigenvalue weighted by Gasteiger charge is 2.13. The van der Waals surface area contributed by atoms with Gasteiger partial charge in [0.2, 0.25) is 0 Å². The van der Waals surface area contributed by atoms with E-state index >= 15 is 0 Å². The Morgan fingerprint density at radius 2 is 1.95 bits per heavy atom. The van der Waals surface area contributed by atoms with Crippen molar-refractivity contribution in [2.45, 2.75) is 19.4 Å². The standard InChI is InChI=1S/C17H18ClN3/c1-13(20)14-8-9-17(16(18)12-14)21(11-5-10-19)15-6-3-2-4-7-15/h2-4,6-9,12-13H,5,11,20H2,1H3/t13-/m0/s1. The lowest BCUT2D eigenvalue weighted by atomic mass is 10.1. The first-order valence-electron chi connectivity index (χ1n) is 6.88. The molecule has 0 aromatic heterocycles. The number of nitrogens with two attached hydrogens (primary N) is 1. The average molecular weight is 300 g/mol. The van der Waals surface area contributed by atoms with Crippen molar-refractivity contribution in [1.82, 2.24) is 0 Å². The zero-order valence-corrected chi connectivity index (χ0v) is 12.7. The fraction of sp³-hybridized carbons (Fsp3) is 0.235. The molecule has 2 N–H and O–H groups in total. The van der Waals surface area contributed by atoms with Crippen molar-refractivity contribution in [3.05, 3.63) is 59.1 Å². The van der Waals surface area contributed by atoms with Crippen molar-refractivity contribution in [2.75, 3.05) is 11.4 Å². The Bertz CT molecular complexity index is 632. The van der Waals surface area contributed by atoms with Crippen LogP contribution in [0.4, 0.5) is 11.4 Å². The summed E-state index contributed by atoms with van der Waals surface area (Å²) in [7, 11) is 0. The molecule has 1 atom stereocenters. The molecule has 0 spiro atoms. The van der Waals surface area contributed by atoms with E-state index in [0.717, 1.165) is 16.9 Å². The molecule has 0 heterocycles. The Labute approximate surface area is 130 Å². The summed E-state index contributed by atoms with van der Waals surface area (Å²) in [5.74, 6) is 0. The van der Waals surface area contributed by atoms with Gasteiger partial charge in [-0.2, -0.15) is 5.26 Å². The minimum atomic E-state index is -0.0548. The number of hydrogen-bond donors (Lipinski definition) is 1. The number of hydrogen-bond acceptors (Lipinski definition) is 3. The molecule has 4 heteroatoms. The van der Waals surface area contributed by atoms with E-state index in [0.29, 0.717) is 18.0 Å². The molecule has 21 heavy (non-hydrogen) atoms. The highest BCUT2D eigenvalue weighted by atomic mass is 35.5. The second kappa shape index (κ2) is 7.12. The fourth-order valence-corrected chi connectivity index (χ4v) is 2.47. The van der Waals surface area contributed by atoms with Crippen LogP contribution in [0.25, 0.3) is 0 Å². The maximum atomic E-state index is 8.87. The molecule has 3 nitrogen and oxygen atoms in total. The maximum Gasteiger partial charge on any atom is 0.0646 e. The van der Waals surface area contributed by atoms with Crippen LogP contribution in [0, 0.1) is 11.3 Å². The molecule has 0 saturated carbocycles. The third-order valence-corrected chi connectivity index (χ3v) is 3.61. The minimum absolute atomic E-state index is 0.0548.